The lowest BCUT2D eigenvalue weighted by atomic mass is 10.1. The molecule has 0 radical (unpaired) electrons. The van der Waals surface area contributed by atoms with Gasteiger partial charge >= 0.3 is 0 Å². The van der Waals surface area contributed by atoms with Crippen LogP contribution in [0, 0.1) is 0 Å². The molecule has 2 aliphatic heterocycles. The first kappa shape index (κ1) is 17.7. The van der Waals surface area contributed by atoms with E-state index in [1.54, 1.807) is 7.11 Å². The van der Waals surface area contributed by atoms with E-state index >= 15 is 0 Å². The Balaban J connectivity index is 1.44. The van der Waals surface area contributed by atoms with Crippen LogP contribution in [-0.2, 0) is 16.0 Å². The van der Waals surface area contributed by atoms with E-state index in [9.17, 15) is 9.59 Å². The number of hydrogen-bond donors (Lipinski definition) is 1. The molecule has 6 heteroatoms. The highest BCUT2D eigenvalue weighted by atomic mass is 16.5. The molecule has 3 rings (SSSR count). The second-order valence-electron chi connectivity index (χ2n) is 6.88. The molecule has 2 aliphatic rings. The van der Waals surface area contributed by atoms with Gasteiger partial charge in [-0.1, -0.05) is 12.1 Å². The third-order valence-electron chi connectivity index (χ3n) is 5.25. The number of amides is 2. The number of nitrogens with one attached hydrogen (secondary N) is 1. The van der Waals surface area contributed by atoms with Gasteiger partial charge < -0.3 is 15.0 Å². The summed E-state index contributed by atoms with van der Waals surface area (Å²) in [5.74, 6) is 0.983. The van der Waals surface area contributed by atoms with Gasteiger partial charge in [-0.05, 0) is 43.9 Å². The Labute approximate surface area is 149 Å². The Morgan fingerprint density at radius 1 is 1.32 bits per heavy atom. The first-order chi connectivity index (χ1) is 12.1. The zero-order valence-electron chi connectivity index (χ0n) is 15.0. The summed E-state index contributed by atoms with van der Waals surface area (Å²) in [5.41, 5.74) is 1.16. The van der Waals surface area contributed by atoms with Gasteiger partial charge in [0.15, 0.2) is 0 Å². The Bertz CT molecular complexity index is 617. The minimum absolute atomic E-state index is 0.0143. The minimum atomic E-state index is -0.207. The van der Waals surface area contributed by atoms with Crippen LogP contribution in [0.2, 0.25) is 0 Å². The Kier molecular flexibility index (Phi) is 5.58. The molecule has 2 atom stereocenters. The Hall–Kier alpha value is -2.08. The van der Waals surface area contributed by atoms with E-state index in [0.29, 0.717) is 13.1 Å². The summed E-state index contributed by atoms with van der Waals surface area (Å²) in [6.45, 7) is 4.47. The molecule has 0 aliphatic carbocycles. The number of nitrogens with zero attached hydrogens (tertiary/aromatic N) is 2. The highest BCUT2D eigenvalue weighted by molar-refractivity contribution is 5.84. The molecular weight excluding hydrogens is 318 g/mol. The van der Waals surface area contributed by atoms with Crippen molar-refractivity contribution in [2.45, 2.75) is 38.3 Å². The van der Waals surface area contributed by atoms with E-state index in [-0.39, 0.29) is 23.9 Å². The molecule has 2 amide bonds. The molecule has 0 aromatic heterocycles. The molecule has 1 aromatic rings. The maximum atomic E-state index is 12.4. The first-order valence-electron chi connectivity index (χ1n) is 9.02. The molecule has 1 aromatic carbocycles. The quantitative estimate of drug-likeness (QED) is 0.837. The molecule has 2 heterocycles. The van der Waals surface area contributed by atoms with Crippen molar-refractivity contribution < 1.29 is 14.3 Å². The molecule has 1 N–H and O–H groups in total. The van der Waals surface area contributed by atoms with Gasteiger partial charge in [0.1, 0.15) is 5.75 Å². The zero-order valence-corrected chi connectivity index (χ0v) is 15.0. The average molecular weight is 345 g/mol. The number of carbonyl (C=O) groups excluding carboxylic acids is 2. The normalized spacial score (nSPS) is 23.4. The largest absolute Gasteiger partial charge is 0.497 e. The number of rotatable bonds is 6. The van der Waals surface area contributed by atoms with E-state index < -0.39 is 0 Å². The van der Waals surface area contributed by atoms with Crippen molar-refractivity contribution in [1.29, 1.82) is 0 Å². The van der Waals surface area contributed by atoms with Gasteiger partial charge in [-0.15, -0.1) is 0 Å². The van der Waals surface area contributed by atoms with Crippen molar-refractivity contribution in [1.82, 2.24) is 15.1 Å². The molecule has 0 saturated carbocycles. The summed E-state index contributed by atoms with van der Waals surface area (Å²) in [7, 11) is 1.65. The van der Waals surface area contributed by atoms with Gasteiger partial charge in [-0.3, -0.25) is 14.5 Å². The van der Waals surface area contributed by atoms with Crippen molar-refractivity contribution >= 4 is 11.8 Å². The van der Waals surface area contributed by atoms with E-state index in [1.165, 1.54) is 0 Å². The van der Waals surface area contributed by atoms with Crippen LogP contribution in [-0.4, -0.2) is 67.0 Å². The zero-order chi connectivity index (χ0) is 17.8. The number of piperazine rings is 1. The Morgan fingerprint density at radius 3 is 2.80 bits per heavy atom. The van der Waals surface area contributed by atoms with Crippen LogP contribution >= 0.6 is 0 Å². The van der Waals surface area contributed by atoms with Crippen molar-refractivity contribution in [3.05, 3.63) is 29.8 Å². The van der Waals surface area contributed by atoms with Crippen LogP contribution in [0.1, 0.15) is 25.3 Å². The van der Waals surface area contributed by atoms with Crippen molar-refractivity contribution in [2.24, 2.45) is 0 Å². The molecule has 0 spiro atoms. The van der Waals surface area contributed by atoms with Crippen LogP contribution in [0.5, 0.6) is 5.75 Å². The summed E-state index contributed by atoms with van der Waals surface area (Å²) in [4.78, 5) is 28.6. The summed E-state index contributed by atoms with van der Waals surface area (Å²) >= 11 is 0. The predicted octanol–water partition coefficient (Wildman–Crippen LogP) is 1.05. The van der Waals surface area contributed by atoms with Crippen molar-refractivity contribution in [2.75, 3.05) is 33.3 Å². The fraction of sp³-hybridized carbons (Fsp3) is 0.579. The molecular formula is C19H27N3O3. The smallest absolute Gasteiger partial charge is 0.239 e. The fourth-order valence-electron chi connectivity index (χ4n) is 3.72. The number of benzene rings is 1. The van der Waals surface area contributed by atoms with Gasteiger partial charge in [0, 0.05) is 25.7 Å². The van der Waals surface area contributed by atoms with Gasteiger partial charge in [-0.2, -0.15) is 0 Å². The second-order valence-corrected chi connectivity index (χ2v) is 6.88. The lowest BCUT2D eigenvalue weighted by Crippen LogP contribution is -2.60. The predicted molar refractivity (Wildman–Crippen MR) is 95.5 cm³/mol. The maximum Gasteiger partial charge on any atom is 0.239 e. The average Bonchev–Trinajstić information content (AvgIpc) is 3.08. The summed E-state index contributed by atoms with van der Waals surface area (Å²) in [6.07, 6.45) is 2.90. The van der Waals surface area contributed by atoms with Crippen LogP contribution in [0.4, 0.5) is 0 Å². The molecule has 0 bridgehead atoms. The first-order valence-corrected chi connectivity index (χ1v) is 9.02. The van der Waals surface area contributed by atoms with Gasteiger partial charge in [0.05, 0.1) is 19.7 Å². The SMILES string of the molecule is COc1ccc(CCNC(=O)CN2C[C@H]3CCCN3C(=O)[C@H]2C)cc1. The number of ether oxygens (including phenoxy) is 1. The molecule has 2 saturated heterocycles. The van der Waals surface area contributed by atoms with E-state index in [4.69, 9.17) is 4.74 Å². The molecule has 0 unspecified atom stereocenters. The van der Waals surface area contributed by atoms with E-state index in [2.05, 4.69) is 5.32 Å². The van der Waals surface area contributed by atoms with Gasteiger partial charge in [-0.25, -0.2) is 0 Å². The number of methoxy groups -OCH3 is 1. The highest BCUT2D eigenvalue weighted by Crippen LogP contribution is 2.25. The van der Waals surface area contributed by atoms with Crippen LogP contribution in [0.15, 0.2) is 24.3 Å². The second kappa shape index (κ2) is 7.87. The summed E-state index contributed by atoms with van der Waals surface area (Å²) < 4.78 is 5.14. The molecule has 2 fully saturated rings. The number of carbonyl (C=O) groups is 2. The minimum Gasteiger partial charge on any atom is -0.497 e. The van der Waals surface area contributed by atoms with Crippen molar-refractivity contribution in [3.63, 3.8) is 0 Å². The fourth-order valence-corrected chi connectivity index (χ4v) is 3.72. The lowest BCUT2D eigenvalue weighted by Gasteiger charge is -2.41. The van der Waals surface area contributed by atoms with Crippen LogP contribution in [0.25, 0.3) is 0 Å². The van der Waals surface area contributed by atoms with Crippen molar-refractivity contribution in [3.8, 4) is 5.75 Å². The standard InChI is InChI=1S/C19H27N3O3/c1-14-19(24)22-11-3-4-16(22)12-21(14)13-18(23)20-10-9-15-5-7-17(25-2)8-6-15/h5-8,14,16H,3-4,9-13H2,1-2H3,(H,20,23)/t14-,16-/m1/s1. The highest BCUT2D eigenvalue weighted by Gasteiger charge is 2.40. The topological polar surface area (TPSA) is 61.9 Å². The van der Waals surface area contributed by atoms with E-state index in [0.717, 1.165) is 43.7 Å². The van der Waals surface area contributed by atoms with E-state index in [1.807, 2.05) is 41.0 Å². The summed E-state index contributed by atoms with van der Waals surface area (Å²) in [6, 6.07) is 7.94. The number of hydrogen-bond acceptors (Lipinski definition) is 4. The molecule has 6 nitrogen and oxygen atoms in total. The van der Waals surface area contributed by atoms with Crippen LogP contribution < -0.4 is 10.1 Å². The van der Waals surface area contributed by atoms with Crippen LogP contribution in [0.3, 0.4) is 0 Å². The number of fused-ring (bicyclic) bond motifs is 1. The van der Waals surface area contributed by atoms with Gasteiger partial charge in [0.2, 0.25) is 11.8 Å². The molecule has 25 heavy (non-hydrogen) atoms. The lowest BCUT2D eigenvalue weighted by molar-refractivity contribution is -0.144. The summed E-state index contributed by atoms with van der Waals surface area (Å²) in [5, 5.41) is 2.97. The molecule has 136 valence electrons. The Morgan fingerprint density at radius 2 is 2.08 bits per heavy atom. The maximum absolute atomic E-state index is 12.4. The van der Waals surface area contributed by atoms with Gasteiger partial charge in [0.25, 0.3) is 0 Å². The third-order valence-corrected chi connectivity index (χ3v) is 5.25. The third kappa shape index (κ3) is 4.12. The monoisotopic (exact) mass is 345 g/mol.